The first kappa shape index (κ1) is 13.1. The molecule has 0 saturated carbocycles. The Morgan fingerprint density at radius 3 is 2.90 bits per heavy atom. The summed E-state index contributed by atoms with van der Waals surface area (Å²) in [5, 5.41) is 1.93. The van der Waals surface area contributed by atoms with Crippen molar-refractivity contribution in [3.63, 3.8) is 0 Å². The van der Waals surface area contributed by atoms with Crippen LogP contribution in [-0.4, -0.2) is 45.9 Å². The molecule has 20 heavy (non-hydrogen) atoms. The number of amides is 1. The third-order valence-electron chi connectivity index (χ3n) is 3.28. The van der Waals surface area contributed by atoms with E-state index in [0.717, 1.165) is 30.9 Å². The molecule has 3 rings (SSSR count). The summed E-state index contributed by atoms with van der Waals surface area (Å²) in [6.07, 6.45) is 5.85. The standard InChI is InChI=1S/C13H15N3O3S/c17-11(15-3-1-2-4-15)9-19-12(18)7-10-8-16-5-6-20-13(16)14-10/h5-6,8H,1-4,7,9H2. The Bertz CT molecular complexity index is 599. The zero-order valence-electron chi connectivity index (χ0n) is 10.9. The molecule has 0 N–H and O–H groups in total. The van der Waals surface area contributed by atoms with E-state index in [2.05, 4.69) is 4.98 Å². The second kappa shape index (κ2) is 5.62. The van der Waals surface area contributed by atoms with E-state index >= 15 is 0 Å². The van der Waals surface area contributed by atoms with E-state index in [1.807, 2.05) is 16.0 Å². The highest BCUT2D eigenvalue weighted by atomic mass is 32.1. The lowest BCUT2D eigenvalue weighted by atomic mass is 10.3. The Kier molecular flexibility index (Phi) is 3.68. The number of ether oxygens (including phenoxy) is 1. The van der Waals surface area contributed by atoms with Crippen LogP contribution in [0.25, 0.3) is 4.96 Å². The van der Waals surface area contributed by atoms with Crippen molar-refractivity contribution in [2.75, 3.05) is 19.7 Å². The van der Waals surface area contributed by atoms with Crippen LogP contribution in [0.1, 0.15) is 18.5 Å². The van der Waals surface area contributed by atoms with Crippen molar-refractivity contribution < 1.29 is 14.3 Å². The van der Waals surface area contributed by atoms with Crippen molar-refractivity contribution in [1.82, 2.24) is 14.3 Å². The third kappa shape index (κ3) is 2.82. The molecule has 1 amide bonds. The van der Waals surface area contributed by atoms with Gasteiger partial charge in [-0.25, -0.2) is 4.98 Å². The number of carbonyl (C=O) groups is 2. The van der Waals surface area contributed by atoms with Gasteiger partial charge in [0.2, 0.25) is 0 Å². The zero-order chi connectivity index (χ0) is 13.9. The van der Waals surface area contributed by atoms with Crippen molar-refractivity contribution in [2.45, 2.75) is 19.3 Å². The molecule has 0 atom stereocenters. The van der Waals surface area contributed by atoms with Crippen molar-refractivity contribution in [1.29, 1.82) is 0 Å². The lowest BCUT2D eigenvalue weighted by molar-refractivity contribution is -0.151. The summed E-state index contributed by atoms with van der Waals surface area (Å²) in [6.45, 7) is 1.38. The third-order valence-corrected chi connectivity index (χ3v) is 4.05. The fourth-order valence-corrected chi connectivity index (χ4v) is 2.98. The summed E-state index contributed by atoms with van der Waals surface area (Å²) < 4.78 is 6.88. The average Bonchev–Trinajstić information content (AvgIpc) is 3.11. The van der Waals surface area contributed by atoms with Crippen molar-refractivity contribution in [3.05, 3.63) is 23.5 Å². The molecule has 1 fully saturated rings. The number of thiazole rings is 1. The van der Waals surface area contributed by atoms with Crippen LogP contribution in [0.3, 0.4) is 0 Å². The van der Waals surface area contributed by atoms with Crippen LogP contribution in [0, 0.1) is 0 Å². The number of rotatable bonds is 4. The quantitative estimate of drug-likeness (QED) is 0.792. The number of aromatic nitrogens is 2. The SMILES string of the molecule is O=C(Cc1cn2ccsc2n1)OCC(=O)N1CCCC1. The maximum Gasteiger partial charge on any atom is 0.312 e. The number of hydrogen-bond donors (Lipinski definition) is 0. The van der Waals surface area contributed by atoms with Gasteiger partial charge >= 0.3 is 5.97 Å². The van der Waals surface area contributed by atoms with Crippen LogP contribution >= 0.6 is 11.3 Å². The Morgan fingerprint density at radius 1 is 1.35 bits per heavy atom. The Labute approximate surface area is 120 Å². The summed E-state index contributed by atoms with van der Waals surface area (Å²) in [4.78, 5) is 30.3. The Morgan fingerprint density at radius 2 is 2.15 bits per heavy atom. The van der Waals surface area contributed by atoms with Gasteiger partial charge in [0.1, 0.15) is 0 Å². The lowest BCUT2D eigenvalue weighted by Gasteiger charge is -2.14. The molecule has 0 aromatic carbocycles. The van der Waals surface area contributed by atoms with Gasteiger partial charge in [0.25, 0.3) is 5.91 Å². The molecule has 2 aromatic heterocycles. The van der Waals surface area contributed by atoms with Crippen molar-refractivity contribution >= 4 is 28.2 Å². The van der Waals surface area contributed by atoms with E-state index in [4.69, 9.17) is 4.74 Å². The second-order valence-corrected chi connectivity index (χ2v) is 5.62. The van der Waals surface area contributed by atoms with Gasteiger partial charge in [-0.15, -0.1) is 11.3 Å². The van der Waals surface area contributed by atoms with Crippen molar-refractivity contribution in [3.8, 4) is 0 Å². The number of nitrogens with zero attached hydrogens (tertiary/aromatic N) is 3. The number of hydrogen-bond acceptors (Lipinski definition) is 5. The molecule has 0 aliphatic carbocycles. The van der Waals surface area contributed by atoms with Gasteiger partial charge in [0, 0.05) is 30.9 Å². The molecule has 6 nitrogen and oxygen atoms in total. The number of carbonyl (C=O) groups excluding carboxylic acids is 2. The first-order valence-electron chi connectivity index (χ1n) is 6.57. The minimum atomic E-state index is -0.414. The monoisotopic (exact) mass is 293 g/mol. The van der Waals surface area contributed by atoms with Gasteiger partial charge in [-0.1, -0.05) is 0 Å². The maximum atomic E-state index is 11.7. The molecule has 1 aliphatic rings. The van der Waals surface area contributed by atoms with E-state index in [1.165, 1.54) is 11.3 Å². The van der Waals surface area contributed by atoms with E-state index in [1.54, 1.807) is 11.1 Å². The van der Waals surface area contributed by atoms with Gasteiger partial charge in [0.05, 0.1) is 12.1 Å². The number of likely N-dealkylation sites (tertiary alicyclic amines) is 1. The molecule has 1 saturated heterocycles. The van der Waals surface area contributed by atoms with Gasteiger partial charge in [0.15, 0.2) is 11.6 Å². The fraction of sp³-hybridized carbons (Fsp3) is 0.462. The molecule has 2 aromatic rings. The molecule has 7 heteroatoms. The number of imidazole rings is 1. The highest BCUT2D eigenvalue weighted by molar-refractivity contribution is 7.15. The largest absolute Gasteiger partial charge is 0.455 e. The second-order valence-electron chi connectivity index (χ2n) is 4.75. The fourth-order valence-electron chi connectivity index (χ4n) is 2.26. The van der Waals surface area contributed by atoms with Crippen LogP contribution in [0.4, 0.5) is 0 Å². The summed E-state index contributed by atoms with van der Waals surface area (Å²) in [5.74, 6) is -0.523. The zero-order valence-corrected chi connectivity index (χ0v) is 11.8. The number of esters is 1. The molecular weight excluding hydrogens is 278 g/mol. The minimum absolute atomic E-state index is 0.0989. The predicted molar refractivity (Wildman–Crippen MR) is 73.5 cm³/mol. The van der Waals surface area contributed by atoms with E-state index in [0.29, 0.717) is 5.69 Å². The van der Waals surface area contributed by atoms with Crippen LogP contribution in [0.15, 0.2) is 17.8 Å². The van der Waals surface area contributed by atoms with Crippen LogP contribution in [0.5, 0.6) is 0 Å². The predicted octanol–water partition coefficient (Wildman–Crippen LogP) is 1.10. The van der Waals surface area contributed by atoms with Crippen LogP contribution in [0.2, 0.25) is 0 Å². The maximum absolute atomic E-state index is 11.7. The Hall–Kier alpha value is -1.89. The van der Waals surface area contributed by atoms with E-state index in [-0.39, 0.29) is 18.9 Å². The molecule has 3 heterocycles. The first-order chi connectivity index (χ1) is 9.72. The molecule has 0 spiro atoms. The highest BCUT2D eigenvalue weighted by Crippen LogP contribution is 2.12. The lowest BCUT2D eigenvalue weighted by Crippen LogP contribution is -2.32. The normalized spacial score (nSPS) is 14.9. The molecule has 0 radical (unpaired) electrons. The van der Waals surface area contributed by atoms with Crippen LogP contribution in [-0.2, 0) is 20.7 Å². The summed E-state index contributed by atoms with van der Waals surface area (Å²) in [7, 11) is 0. The first-order valence-corrected chi connectivity index (χ1v) is 7.45. The smallest absolute Gasteiger partial charge is 0.312 e. The number of fused-ring (bicyclic) bond motifs is 1. The van der Waals surface area contributed by atoms with Gasteiger partial charge in [-0.05, 0) is 12.8 Å². The van der Waals surface area contributed by atoms with Gasteiger partial charge in [-0.2, -0.15) is 0 Å². The Balaban J connectivity index is 1.49. The van der Waals surface area contributed by atoms with E-state index in [9.17, 15) is 9.59 Å². The molecule has 0 bridgehead atoms. The van der Waals surface area contributed by atoms with Crippen LogP contribution < -0.4 is 0 Å². The molecular formula is C13H15N3O3S. The van der Waals surface area contributed by atoms with Gasteiger partial charge < -0.3 is 9.64 Å². The van der Waals surface area contributed by atoms with E-state index < -0.39 is 5.97 Å². The van der Waals surface area contributed by atoms with Gasteiger partial charge in [-0.3, -0.25) is 14.0 Å². The topological polar surface area (TPSA) is 63.9 Å². The highest BCUT2D eigenvalue weighted by Gasteiger charge is 2.19. The summed E-state index contributed by atoms with van der Waals surface area (Å²) >= 11 is 1.51. The summed E-state index contributed by atoms with van der Waals surface area (Å²) in [6, 6.07) is 0. The minimum Gasteiger partial charge on any atom is -0.455 e. The average molecular weight is 293 g/mol. The molecule has 1 aliphatic heterocycles. The summed E-state index contributed by atoms with van der Waals surface area (Å²) in [5.41, 5.74) is 0.662. The molecule has 106 valence electrons. The van der Waals surface area contributed by atoms with Crippen molar-refractivity contribution in [2.24, 2.45) is 0 Å². The molecule has 0 unspecified atom stereocenters.